The van der Waals surface area contributed by atoms with Crippen molar-refractivity contribution in [3.8, 4) is 0 Å². The smallest absolute Gasteiger partial charge is 0.230 e. The molecule has 0 aromatic heterocycles. The highest BCUT2D eigenvalue weighted by molar-refractivity contribution is 5.83. The molecule has 2 N–H and O–H groups in total. The number of likely N-dealkylation sites (tertiary alicyclic amines) is 1. The maximum Gasteiger partial charge on any atom is 0.230 e. The Bertz CT molecular complexity index is 329. The van der Waals surface area contributed by atoms with Gasteiger partial charge in [-0.1, -0.05) is 32.6 Å². The van der Waals surface area contributed by atoms with Crippen LogP contribution in [0.1, 0.15) is 58.3 Å². The van der Waals surface area contributed by atoms with Crippen molar-refractivity contribution in [1.29, 1.82) is 0 Å². The highest BCUT2D eigenvalue weighted by Crippen LogP contribution is 2.36. The second-order valence-corrected chi connectivity index (χ2v) is 6.98. The lowest BCUT2D eigenvalue weighted by atomic mass is 9.78. The van der Waals surface area contributed by atoms with E-state index in [0.717, 1.165) is 58.2 Å². The summed E-state index contributed by atoms with van der Waals surface area (Å²) in [4.78, 5) is 17.6. The predicted octanol–water partition coefficient (Wildman–Crippen LogP) is 2.23. The Morgan fingerprint density at radius 2 is 1.76 bits per heavy atom. The molecule has 0 unspecified atom stereocenters. The average molecular weight is 295 g/mol. The number of piperidine rings is 1. The van der Waals surface area contributed by atoms with E-state index >= 15 is 0 Å². The van der Waals surface area contributed by atoms with E-state index in [1.165, 1.54) is 12.8 Å². The normalized spacial score (nSPS) is 24.5. The molecule has 0 spiro atoms. The van der Waals surface area contributed by atoms with E-state index in [-0.39, 0.29) is 5.41 Å². The molecule has 2 rings (SSSR count). The van der Waals surface area contributed by atoms with Gasteiger partial charge in [-0.25, -0.2) is 0 Å². The van der Waals surface area contributed by atoms with Crippen molar-refractivity contribution in [3.63, 3.8) is 0 Å². The van der Waals surface area contributed by atoms with Gasteiger partial charge < -0.3 is 15.5 Å². The zero-order valence-electron chi connectivity index (χ0n) is 13.9. The number of carbonyl (C=O) groups excluding carboxylic acids is 1. The van der Waals surface area contributed by atoms with Crippen LogP contribution in [0.2, 0.25) is 0 Å². The molecular formula is C17H33N3O. The molecule has 4 nitrogen and oxygen atoms in total. The number of nitrogens with zero attached hydrogens (tertiary/aromatic N) is 2. The molecule has 0 radical (unpaired) electrons. The molecule has 1 saturated heterocycles. The molecule has 0 bridgehead atoms. The average Bonchev–Trinajstić information content (AvgIpc) is 2.80. The van der Waals surface area contributed by atoms with E-state index in [4.69, 9.17) is 5.73 Å². The minimum atomic E-state index is -0.271. The first kappa shape index (κ1) is 16.8. The summed E-state index contributed by atoms with van der Waals surface area (Å²) in [6, 6.07) is 0.409. The van der Waals surface area contributed by atoms with Crippen LogP contribution in [-0.4, -0.2) is 55.0 Å². The van der Waals surface area contributed by atoms with Crippen LogP contribution in [0.3, 0.4) is 0 Å². The molecule has 1 heterocycles. The van der Waals surface area contributed by atoms with Gasteiger partial charge in [0, 0.05) is 32.7 Å². The standard InChI is InChI=1S/C17H33N3O/c1-3-20-12-8-15(9-13-20)19(2)16(21)17(14-18)10-6-4-5-7-11-17/h15H,3-14,18H2,1-2H3. The first-order valence-electron chi connectivity index (χ1n) is 8.82. The van der Waals surface area contributed by atoms with Gasteiger partial charge in [0.15, 0.2) is 0 Å². The van der Waals surface area contributed by atoms with Crippen LogP contribution in [0.15, 0.2) is 0 Å². The lowest BCUT2D eigenvalue weighted by molar-refractivity contribution is -0.144. The highest BCUT2D eigenvalue weighted by Gasteiger charge is 2.41. The molecule has 0 aromatic carbocycles. The molecule has 0 aromatic rings. The minimum Gasteiger partial charge on any atom is -0.342 e. The first-order chi connectivity index (χ1) is 10.1. The van der Waals surface area contributed by atoms with Crippen LogP contribution in [0, 0.1) is 5.41 Å². The predicted molar refractivity (Wildman–Crippen MR) is 87.1 cm³/mol. The maximum absolute atomic E-state index is 13.1. The Kier molecular flexibility index (Phi) is 6.06. The molecule has 2 aliphatic rings. The SMILES string of the molecule is CCN1CCC(N(C)C(=O)C2(CN)CCCCCC2)CC1. The molecule has 21 heavy (non-hydrogen) atoms. The number of hydrogen-bond acceptors (Lipinski definition) is 3. The van der Waals surface area contributed by atoms with Gasteiger partial charge in [0.25, 0.3) is 0 Å². The Morgan fingerprint density at radius 3 is 2.24 bits per heavy atom. The van der Waals surface area contributed by atoms with Crippen LogP contribution in [0.25, 0.3) is 0 Å². The van der Waals surface area contributed by atoms with Crippen LogP contribution >= 0.6 is 0 Å². The lowest BCUT2D eigenvalue weighted by Gasteiger charge is -2.41. The van der Waals surface area contributed by atoms with Crippen LogP contribution < -0.4 is 5.73 Å². The summed E-state index contributed by atoms with van der Waals surface area (Å²) >= 11 is 0. The quantitative estimate of drug-likeness (QED) is 0.809. The molecule has 1 saturated carbocycles. The largest absolute Gasteiger partial charge is 0.342 e. The third-order valence-corrected chi connectivity index (χ3v) is 5.78. The van der Waals surface area contributed by atoms with Crippen molar-refractivity contribution >= 4 is 5.91 Å². The van der Waals surface area contributed by atoms with E-state index in [2.05, 4.69) is 11.8 Å². The van der Waals surface area contributed by atoms with Crippen LogP contribution in [-0.2, 0) is 4.79 Å². The van der Waals surface area contributed by atoms with Gasteiger partial charge in [-0.15, -0.1) is 0 Å². The van der Waals surface area contributed by atoms with Gasteiger partial charge in [0.1, 0.15) is 0 Å². The fraction of sp³-hybridized carbons (Fsp3) is 0.941. The fourth-order valence-electron chi connectivity index (χ4n) is 4.07. The number of nitrogens with two attached hydrogens (primary N) is 1. The van der Waals surface area contributed by atoms with Gasteiger partial charge in [-0.05, 0) is 32.2 Å². The highest BCUT2D eigenvalue weighted by atomic mass is 16.2. The summed E-state index contributed by atoms with van der Waals surface area (Å²) in [7, 11) is 2.01. The van der Waals surface area contributed by atoms with Crippen molar-refractivity contribution in [2.45, 2.75) is 64.3 Å². The van der Waals surface area contributed by atoms with Crippen molar-refractivity contribution in [3.05, 3.63) is 0 Å². The molecule has 4 heteroatoms. The lowest BCUT2D eigenvalue weighted by Crippen LogP contribution is -2.52. The molecular weight excluding hydrogens is 262 g/mol. The van der Waals surface area contributed by atoms with E-state index in [1.54, 1.807) is 0 Å². The topological polar surface area (TPSA) is 49.6 Å². The van der Waals surface area contributed by atoms with E-state index in [1.807, 2.05) is 11.9 Å². The van der Waals surface area contributed by atoms with E-state index in [0.29, 0.717) is 18.5 Å². The van der Waals surface area contributed by atoms with Gasteiger partial charge in [-0.3, -0.25) is 4.79 Å². The minimum absolute atomic E-state index is 0.271. The van der Waals surface area contributed by atoms with E-state index < -0.39 is 0 Å². The molecule has 1 amide bonds. The zero-order valence-corrected chi connectivity index (χ0v) is 13.9. The summed E-state index contributed by atoms with van der Waals surface area (Å²) in [6.07, 6.45) is 9.02. The summed E-state index contributed by atoms with van der Waals surface area (Å²) in [5.74, 6) is 0.321. The maximum atomic E-state index is 13.1. The zero-order chi connectivity index (χ0) is 15.3. The Balaban J connectivity index is 1.99. The summed E-state index contributed by atoms with van der Waals surface area (Å²) in [5, 5.41) is 0. The summed E-state index contributed by atoms with van der Waals surface area (Å²) in [5.41, 5.74) is 5.79. The van der Waals surface area contributed by atoms with Crippen molar-refractivity contribution < 1.29 is 4.79 Å². The van der Waals surface area contributed by atoms with Crippen molar-refractivity contribution in [2.75, 3.05) is 33.2 Å². The summed E-state index contributed by atoms with van der Waals surface area (Å²) in [6.45, 7) is 6.09. The third kappa shape index (κ3) is 3.78. The van der Waals surface area contributed by atoms with Gasteiger partial charge >= 0.3 is 0 Å². The molecule has 1 aliphatic heterocycles. The number of hydrogen-bond donors (Lipinski definition) is 1. The van der Waals surface area contributed by atoms with Crippen LogP contribution in [0.5, 0.6) is 0 Å². The molecule has 2 fully saturated rings. The second-order valence-electron chi connectivity index (χ2n) is 6.98. The van der Waals surface area contributed by atoms with Crippen molar-refractivity contribution in [1.82, 2.24) is 9.80 Å². The first-order valence-corrected chi connectivity index (χ1v) is 8.82. The van der Waals surface area contributed by atoms with Gasteiger partial charge in [0.2, 0.25) is 5.91 Å². The van der Waals surface area contributed by atoms with Crippen molar-refractivity contribution in [2.24, 2.45) is 11.1 Å². The Labute approximate surface area is 130 Å². The number of carbonyl (C=O) groups is 1. The number of amides is 1. The molecule has 0 atom stereocenters. The molecule has 122 valence electrons. The van der Waals surface area contributed by atoms with E-state index in [9.17, 15) is 4.79 Å². The number of rotatable bonds is 4. The second kappa shape index (κ2) is 7.59. The van der Waals surface area contributed by atoms with Crippen LogP contribution in [0.4, 0.5) is 0 Å². The molecule has 1 aliphatic carbocycles. The fourth-order valence-corrected chi connectivity index (χ4v) is 4.07. The third-order valence-electron chi connectivity index (χ3n) is 5.78. The Hall–Kier alpha value is -0.610. The monoisotopic (exact) mass is 295 g/mol. The summed E-state index contributed by atoms with van der Waals surface area (Å²) < 4.78 is 0. The Morgan fingerprint density at radius 1 is 1.19 bits per heavy atom. The van der Waals surface area contributed by atoms with Gasteiger partial charge in [-0.2, -0.15) is 0 Å². The van der Waals surface area contributed by atoms with Gasteiger partial charge in [0.05, 0.1) is 5.41 Å².